The predicted octanol–water partition coefficient (Wildman–Crippen LogP) is 5.27. The van der Waals surface area contributed by atoms with Crippen LogP contribution in [-0.2, 0) is 16.0 Å². The Labute approximate surface area is 211 Å². The van der Waals surface area contributed by atoms with Gasteiger partial charge in [-0.05, 0) is 54.0 Å². The number of nitrogens with one attached hydrogen (secondary N) is 1. The highest BCUT2D eigenvalue weighted by molar-refractivity contribution is 6.07. The number of nitrogens with zero attached hydrogens (tertiary/aromatic N) is 2. The molecule has 0 atom stereocenters. The number of anilines is 1. The van der Waals surface area contributed by atoms with Gasteiger partial charge in [-0.25, -0.2) is 0 Å². The number of hydrogen-bond donors (Lipinski definition) is 1. The molecule has 5 rings (SSSR count). The van der Waals surface area contributed by atoms with Crippen molar-refractivity contribution in [2.45, 2.75) is 26.7 Å². The summed E-state index contributed by atoms with van der Waals surface area (Å²) in [6.45, 7) is 5.38. The van der Waals surface area contributed by atoms with Gasteiger partial charge in [-0.15, -0.1) is 0 Å². The van der Waals surface area contributed by atoms with Crippen molar-refractivity contribution in [3.8, 4) is 16.9 Å². The Morgan fingerprint density at radius 1 is 1.00 bits per heavy atom. The Bertz CT molecular complexity index is 1360. The van der Waals surface area contributed by atoms with E-state index < -0.39 is 0 Å². The molecule has 0 bridgehead atoms. The molecule has 0 radical (unpaired) electrons. The quantitative estimate of drug-likeness (QED) is 0.542. The summed E-state index contributed by atoms with van der Waals surface area (Å²) in [5.74, 6) is 1.46. The molecule has 2 amide bonds. The highest BCUT2D eigenvalue weighted by Gasteiger charge is 2.21. The lowest BCUT2D eigenvalue weighted by atomic mass is 10.00. The van der Waals surface area contributed by atoms with Gasteiger partial charge in [-0.3, -0.25) is 19.5 Å². The summed E-state index contributed by atoms with van der Waals surface area (Å²) in [6.07, 6.45) is 3.05. The SMILES string of the molecule is CC(=O)N1CCN=C1Cc1ccc(NC(=O)C2=Cc3cc(-c4ccc(C)cc4)ccc3OCC2)cc1. The third-order valence-electron chi connectivity index (χ3n) is 6.53. The van der Waals surface area contributed by atoms with E-state index in [2.05, 4.69) is 53.6 Å². The highest BCUT2D eigenvalue weighted by Crippen LogP contribution is 2.31. The zero-order valence-electron chi connectivity index (χ0n) is 20.6. The Morgan fingerprint density at radius 2 is 1.75 bits per heavy atom. The van der Waals surface area contributed by atoms with Gasteiger partial charge < -0.3 is 10.1 Å². The van der Waals surface area contributed by atoms with Crippen LogP contribution >= 0.6 is 0 Å². The van der Waals surface area contributed by atoms with Crippen LogP contribution in [0, 0.1) is 6.92 Å². The molecule has 0 spiro atoms. The Hall–Kier alpha value is -4.19. The minimum Gasteiger partial charge on any atom is -0.493 e. The summed E-state index contributed by atoms with van der Waals surface area (Å²) < 4.78 is 5.92. The van der Waals surface area contributed by atoms with Gasteiger partial charge in [0.2, 0.25) is 5.91 Å². The van der Waals surface area contributed by atoms with Crippen molar-refractivity contribution in [3.05, 3.63) is 89.0 Å². The van der Waals surface area contributed by atoms with Crippen molar-refractivity contribution in [1.29, 1.82) is 0 Å². The van der Waals surface area contributed by atoms with E-state index >= 15 is 0 Å². The van der Waals surface area contributed by atoms with E-state index in [9.17, 15) is 9.59 Å². The Kier molecular flexibility index (Phi) is 6.67. The number of amidine groups is 1. The highest BCUT2D eigenvalue weighted by atomic mass is 16.5. The van der Waals surface area contributed by atoms with E-state index in [-0.39, 0.29) is 11.8 Å². The topological polar surface area (TPSA) is 71.0 Å². The van der Waals surface area contributed by atoms with Crippen LogP contribution in [0.1, 0.15) is 30.0 Å². The second kappa shape index (κ2) is 10.2. The Balaban J connectivity index is 1.29. The first-order chi connectivity index (χ1) is 17.5. The average molecular weight is 480 g/mol. The summed E-state index contributed by atoms with van der Waals surface area (Å²) >= 11 is 0. The van der Waals surface area contributed by atoms with Crippen LogP contribution in [0.3, 0.4) is 0 Å². The summed E-state index contributed by atoms with van der Waals surface area (Å²) in [4.78, 5) is 31.0. The van der Waals surface area contributed by atoms with E-state index in [1.165, 1.54) is 5.56 Å². The molecule has 36 heavy (non-hydrogen) atoms. The second-order valence-corrected chi connectivity index (χ2v) is 9.18. The molecule has 3 aromatic carbocycles. The van der Waals surface area contributed by atoms with E-state index in [1.807, 2.05) is 36.4 Å². The molecular weight excluding hydrogens is 450 g/mol. The van der Waals surface area contributed by atoms with Crippen LogP contribution in [0.2, 0.25) is 0 Å². The molecule has 182 valence electrons. The number of aryl methyl sites for hydroxylation is 1. The van der Waals surface area contributed by atoms with Gasteiger partial charge in [-0.2, -0.15) is 0 Å². The van der Waals surface area contributed by atoms with Crippen molar-refractivity contribution < 1.29 is 14.3 Å². The largest absolute Gasteiger partial charge is 0.493 e. The lowest BCUT2D eigenvalue weighted by Crippen LogP contribution is -2.33. The maximum absolute atomic E-state index is 13.1. The van der Waals surface area contributed by atoms with Crippen molar-refractivity contribution in [2.75, 3.05) is 25.0 Å². The molecule has 2 aliphatic heterocycles. The number of carbonyl (C=O) groups excluding carboxylic acids is 2. The smallest absolute Gasteiger partial charge is 0.251 e. The minimum absolute atomic E-state index is 0.0170. The third-order valence-corrected chi connectivity index (χ3v) is 6.53. The van der Waals surface area contributed by atoms with Crippen molar-refractivity contribution in [3.63, 3.8) is 0 Å². The lowest BCUT2D eigenvalue weighted by molar-refractivity contribution is -0.124. The molecule has 0 aliphatic carbocycles. The first kappa shape index (κ1) is 23.5. The van der Waals surface area contributed by atoms with E-state index in [1.54, 1.807) is 11.8 Å². The maximum Gasteiger partial charge on any atom is 0.251 e. The summed E-state index contributed by atoms with van der Waals surface area (Å²) in [7, 11) is 0. The number of carbonyl (C=O) groups is 2. The van der Waals surface area contributed by atoms with Crippen LogP contribution in [-0.4, -0.2) is 42.2 Å². The number of benzene rings is 3. The molecule has 2 heterocycles. The normalized spacial score (nSPS) is 14.8. The van der Waals surface area contributed by atoms with Gasteiger partial charge in [0.25, 0.3) is 5.91 Å². The van der Waals surface area contributed by atoms with Gasteiger partial charge in [-0.1, -0.05) is 48.0 Å². The fourth-order valence-electron chi connectivity index (χ4n) is 4.51. The fraction of sp³-hybridized carbons (Fsp3) is 0.233. The number of fused-ring (bicyclic) bond motifs is 1. The summed E-state index contributed by atoms with van der Waals surface area (Å²) in [5, 5.41) is 3.01. The minimum atomic E-state index is -0.136. The van der Waals surface area contributed by atoms with Crippen molar-refractivity contribution in [1.82, 2.24) is 4.90 Å². The molecule has 2 aliphatic rings. The monoisotopic (exact) mass is 479 g/mol. The molecule has 6 nitrogen and oxygen atoms in total. The first-order valence-corrected chi connectivity index (χ1v) is 12.2. The number of rotatable bonds is 5. The third kappa shape index (κ3) is 5.23. The molecule has 6 heteroatoms. The molecule has 0 aromatic heterocycles. The maximum atomic E-state index is 13.1. The van der Waals surface area contributed by atoms with Crippen molar-refractivity contribution >= 4 is 29.4 Å². The molecule has 0 fully saturated rings. The number of aliphatic imine (C=N–C) groups is 1. The van der Waals surface area contributed by atoms with E-state index in [4.69, 9.17) is 4.74 Å². The van der Waals surface area contributed by atoms with Gasteiger partial charge in [0.15, 0.2) is 0 Å². The Morgan fingerprint density at radius 3 is 2.50 bits per heavy atom. The zero-order valence-corrected chi connectivity index (χ0v) is 20.6. The molecule has 1 N–H and O–H groups in total. The van der Waals surface area contributed by atoms with Gasteiger partial charge in [0, 0.05) is 43.1 Å². The fourth-order valence-corrected chi connectivity index (χ4v) is 4.51. The molecule has 3 aromatic rings. The van der Waals surface area contributed by atoms with Crippen LogP contribution in [0.5, 0.6) is 5.75 Å². The van der Waals surface area contributed by atoms with Crippen LogP contribution in [0.4, 0.5) is 5.69 Å². The number of hydrogen-bond acceptors (Lipinski definition) is 4. The van der Waals surface area contributed by atoms with E-state index in [0.29, 0.717) is 38.1 Å². The van der Waals surface area contributed by atoms with Crippen LogP contribution in [0.15, 0.2) is 77.3 Å². The average Bonchev–Trinajstić information content (AvgIpc) is 3.23. The molecule has 0 unspecified atom stereocenters. The van der Waals surface area contributed by atoms with E-state index in [0.717, 1.165) is 39.5 Å². The van der Waals surface area contributed by atoms with Gasteiger partial charge in [0.1, 0.15) is 11.6 Å². The van der Waals surface area contributed by atoms with Crippen LogP contribution in [0.25, 0.3) is 17.2 Å². The zero-order chi connectivity index (χ0) is 25.1. The molecular formula is C30H29N3O3. The van der Waals surface area contributed by atoms with Gasteiger partial charge >= 0.3 is 0 Å². The number of ether oxygens (including phenoxy) is 1. The lowest BCUT2D eigenvalue weighted by Gasteiger charge is -2.16. The molecule has 0 saturated heterocycles. The van der Waals surface area contributed by atoms with Gasteiger partial charge in [0.05, 0.1) is 13.2 Å². The first-order valence-electron chi connectivity index (χ1n) is 12.2. The van der Waals surface area contributed by atoms with Crippen molar-refractivity contribution in [2.24, 2.45) is 4.99 Å². The predicted molar refractivity (Wildman–Crippen MR) is 143 cm³/mol. The standard InChI is InChI=1S/C30H29N3O3/c1-20-3-7-23(8-4-20)24-9-12-28-26(18-24)19-25(13-16-36-28)30(35)32-27-10-5-22(6-11-27)17-29-31-14-15-33(29)21(2)34/h3-12,18-19H,13-17H2,1-2H3,(H,32,35). The number of amides is 2. The molecule has 0 saturated carbocycles. The summed E-state index contributed by atoms with van der Waals surface area (Å²) in [6, 6.07) is 22.2. The van der Waals surface area contributed by atoms with Crippen LogP contribution < -0.4 is 10.1 Å². The summed E-state index contributed by atoms with van der Waals surface area (Å²) in [5.41, 5.74) is 6.77. The second-order valence-electron chi connectivity index (χ2n) is 9.18.